The Morgan fingerprint density at radius 3 is 2.94 bits per heavy atom. The summed E-state index contributed by atoms with van der Waals surface area (Å²) in [5.41, 5.74) is 0.00944. The quantitative estimate of drug-likeness (QED) is 0.888. The molecule has 0 spiro atoms. The molecule has 0 bridgehead atoms. The first-order chi connectivity index (χ1) is 8.59. The summed E-state index contributed by atoms with van der Waals surface area (Å²) < 4.78 is 5.05. The lowest BCUT2D eigenvalue weighted by Gasteiger charge is -2.25. The molecule has 1 fully saturated rings. The molecule has 1 amide bonds. The van der Waals surface area contributed by atoms with E-state index in [0.29, 0.717) is 6.54 Å². The average molecular weight is 269 g/mol. The summed E-state index contributed by atoms with van der Waals surface area (Å²) in [7, 11) is 0. The van der Waals surface area contributed by atoms with Crippen LogP contribution >= 0.6 is 11.8 Å². The number of thioether (sulfide) groups is 1. The van der Waals surface area contributed by atoms with Crippen molar-refractivity contribution in [2.24, 2.45) is 0 Å². The number of aromatic carboxylic acids is 1. The fourth-order valence-electron chi connectivity index (χ4n) is 1.90. The van der Waals surface area contributed by atoms with Crippen molar-refractivity contribution in [3.63, 3.8) is 0 Å². The summed E-state index contributed by atoms with van der Waals surface area (Å²) in [4.78, 5) is 24.7. The van der Waals surface area contributed by atoms with Crippen molar-refractivity contribution in [2.75, 3.05) is 18.1 Å². The molecule has 1 aromatic rings. The zero-order chi connectivity index (χ0) is 13.1. The second-order valence-corrected chi connectivity index (χ2v) is 5.48. The lowest BCUT2D eigenvalue weighted by Crippen LogP contribution is -2.39. The van der Waals surface area contributed by atoms with Gasteiger partial charge in [-0.15, -0.1) is 0 Å². The van der Waals surface area contributed by atoms with E-state index in [-0.39, 0.29) is 23.3 Å². The summed E-state index contributed by atoms with van der Waals surface area (Å²) in [5.74, 6) is 0.743. The summed E-state index contributed by atoms with van der Waals surface area (Å²) in [6.45, 7) is 2.68. The van der Waals surface area contributed by atoms with Gasteiger partial charge in [0.1, 0.15) is 6.26 Å². The Morgan fingerprint density at radius 1 is 1.50 bits per heavy atom. The number of hydrogen-bond acceptors (Lipinski definition) is 4. The molecule has 0 aromatic carbocycles. The molecule has 0 saturated carbocycles. The van der Waals surface area contributed by atoms with Gasteiger partial charge in [0.15, 0.2) is 5.76 Å². The molecule has 1 saturated heterocycles. The Hall–Kier alpha value is -1.43. The predicted octanol–water partition coefficient (Wildman–Crippen LogP) is 1.95. The molecule has 2 heterocycles. The van der Waals surface area contributed by atoms with E-state index in [1.165, 1.54) is 6.07 Å². The Labute approximate surface area is 109 Å². The summed E-state index contributed by atoms with van der Waals surface area (Å²) in [5, 5.41) is 8.80. The molecule has 2 rings (SSSR count). The number of rotatable bonds is 2. The van der Waals surface area contributed by atoms with Crippen LogP contribution in [0.2, 0.25) is 0 Å². The lowest BCUT2D eigenvalue weighted by atomic mass is 10.2. The molecule has 98 valence electrons. The van der Waals surface area contributed by atoms with E-state index in [0.717, 1.165) is 24.2 Å². The second kappa shape index (κ2) is 5.48. The Kier molecular flexibility index (Phi) is 3.96. The van der Waals surface area contributed by atoms with Crippen LogP contribution in [0.4, 0.5) is 0 Å². The van der Waals surface area contributed by atoms with Gasteiger partial charge in [-0.1, -0.05) is 0 Å². The van der Waals surface area contributed by atoms with Crippen LogP contribution in [0, 0.1) is 0 Å². The highest BCUT2D eigenvalue weighted by Gasteiger charge is 2.26. The van der Waals surface area contributed by atoms with Crippen LogP contribution < -0.4 is 0 Å². The van der Waals surface area contributed by atoms with E-state index >= 15 is 0 Å². The third-order valence-electron chi connectivity index (χ3n) is 3.01. The van der Waals surface area contributed by atoms with Gasteiger partial charge in [0, 0.05) is 24.4 Å². The minimum absolute atomic E-state index is 0.00944. The molecular weight excluding hydrogens is 254 g/mol. The highest BCUT2D eigenvalue weighted by Crippen LogP contribution is 2.19. The molecule has 18 heavy (non-hydrogen) atoms. The molecule has 6 heteroatoms. The van der Waals surface area contributed by atoms with Gasteiger partial charge in [-0.2, -0.15) is 11.8 Å². The van der Waals surface area contributed by atoms with Crippen molar-refractivity contribution in [3.05, 3.63) is 23.7 Å². The van der Waals surface area contributed by atoms with E-state index in [2.05, 4.69) is 0 Å². The molecule has 1 N–H and O–H groups in total. The van der Waals surface area contributed by atoms with Crippen LogP contribution in [-0.4, -0.2) is 46.0 Å². The largest absolute Gasteiger partial charge is 0.478 e. The van der Waals surface area contributed by atoms with E-state index < -0.39 is 5.97 Å². The van der Waals surface area contributed by atoms with Gasteiger partial charge >= 0.3 is 5.97 Å². The van der Waals surface area contributed by atoms with E-state index in [1.807, 2.05) is 18.7 Å². The monoisotopic (exact) mass is 269 g/mol. The first-order valence-corrected chi connectivity index (χ1v) is 6.95. The van der Waals surface area contributed by atoms with Gasteiger partial charge in [0.25, 0.3) is 5.91 Å². The maximum atomic E-state index is 12.2. The van der Waals surface area contributed by atoms with Crippen LogP contribution in [0.25, 0.3) is 0 Å². The number of nitrogens with zero attached hydrogens (tertiary/aromatic N) is 1. The fourth-order valence-corrected chi connectivity index (χ4v) is 2.94. The van der Waals surface area contributed by atoms with Crippen molar-refractivity contribution in [3.8, 4) is 0 Å². The van der Waals surface area contributed by atoms with E-state index in [4.69, 9.17) is 9.52 Å². The van der Waals surface area contributed by atoms with Crippen LogP contribution in [0.3, 0.4) is 0 Å². The highest BCUT2D eigenvalue weighted by atomic mass is 32.2. The third kappa shape index (κ3) is 2.69. The standard InChI is InChI=1S/C12H15NO4S/c1-8-2-4-18-5-3-13(8)11(14)10-6-9(7-17-10)12(15)16/h6-8H,2-5H2,1H3,(H,15,16). The molecule has 1 aromatic heterocycles. The van der Waals surface area contributed by atoms with Gasteiger partial charge in [0.05, 0.1) is 5.56 Å². The number of amides is 1. The van der Waals surface area contributed by atoms with Crippen molar-refractivity contribution in [1.29, 1.82) is 0 Å². The van der Waals surface area contributed by atoms with Crippen LogP contribution in [0.15, 0.2) is 16.7 Å². The van der Waals surface area contributed by atoms with Gasteiger partial charge in [-0.25, -0.2) is 4.79 Å². The van der Waals surface area contributed by atoms with Crippen molar-refractivity contribution in [1.82, 2.24) is 4.90 Å². The van der Waals surface area contributed by atoms with Crippen LogP contribution in [0.1, 0.15) is 34.3 Å². The van der Waals surface area contributed by atoms with Gasteiger partial charge in [0.2, 0.25) is 0 Å². The Balaban J connectivity index is 2.15. The smallest absolute Gasteiger partial charge is 0.338 e. The second-order valence-electron chi connectivity index (χ2n) is 4.25. The normalized spacial score (nSPS) is 20.5. The third-order valence-corrected chi connectivity index (χ3v) is 4.00. The maximum Gasteiger partial charge on any atom is 0.338 e. The molecule has 5 nitrogen and oxygen atoms in total. The Bertz CT molecular complexity index is 457. The van der Waals surface area contributed by atoms with E-state index in [9.17, 15) is 9.59 Å². The zero-order valence-electron chi connectivity index (χ0n) is 10.1. The summed E-state index contributed by atoms with van der Waals surface area (Å²) in [6.07, 6.45) is 2.05. The Morgan fingerprint density at radius 2 is 2.28 bits per heavy atom. The molecular formula is C12H15NO4S. The minimum Gasteiger partial charge on any atom is -0.478 e. The van der Waals surface area contributed by atoms with Gasteiger partial charge < -0.3 is 14.4 Å². The van der Waals surface area contributed by atoms with Crippen LogP contribution in [0.5, 0.6) is 0 Å². The maximum absolute atomic E-state index is 12.2. The van der Waals surface area contributed by atoms with Crippen molar-refractivity contribution < 1.29 is 19.1 Å². The highest BCUT2D eigenvalue weighted by molar-refractivity contribution is 7.99. The fraction of sp³-hybridized carbons (Fsp3) is 0.500. The summed E-state index contributed by atoms with van der Waals surface area (Å²) in [6, 6.07) is 1.45. The number of hydrogen-bond donors (Lipinski definition) is 1. The minimum atomic E-state index is -1.09. The first kappa shape index (κ1) is 13.0. The number of carboxylic acids is 1. The van der Waals surface area contributed by atoms with Gasteiger partial charge in [-0.3, -0.25) is 4.79 Å². The molecule has 1 atom stereocenters. The average Bonchev–Trinajstić information content (AvgIpc) is 2.73. The van der Waals surface area contributed by atoms with Gasteiger partial charge in [-0.05, 0) is 19.1 Å². The molecule has 1 unspecified atom stereocenters. The first-order valence-electron chi connectivity index (χ1n) is 5.80. The molecule has 1 aliphatic rings. The summed E-state index contributed by atoms with van der Waals surface area (Å²) >= 11 is 1.83. The predicted molar refractivity (Wildman–Crippen MR) is 68.1 cm³/mol. The van der Waals surface area contributed by atoms with E-state index in [1.54, 1.807) is 4.90 Å². The van der Waals surface area contributed by atoms with Crippen molar-refractivity contribution in [2.45, 2.75) is 19.4 Å². The molecule has 1 aliphatic heterocycles. The topological polar surface area (TPSA) is 70.8 Å². The van der Waals surface area contributed by atoms with Crippen molar-refractivity contribution >= 4 is 23.6 Å². The molecule has 0 aliphatic carbocycles. The number of carbonyl (C=O) groups is 2. The SMILES string of the molecule is CC1CCSCCN1C(=O)c1cc(C(=O)O)co1. The molecule has 0 radical (unpaired) electrons. The lowest BCUT2D eigenvalue weighted by molar-refractivity contribution is 0.0670. The number of furan rings is 1. The zero-order valence-corrected chi connectivity index (χ0v) is 10.9. The van der Waals surface area contributed by atoms with Crippen LogP contribution in [-0.2, 0) is 0 Å². The number of carboxylic acid groups (broad SMARTS) is 1. The number of carbonyl (C=O) groups excluding carboxylic acids is 1.